The number of carboxylic acid groups (broad SMARTS) is 1. The van der Waals surface area contributed by atoms with Crippen molar-refractivity contribution in [2.24, 2.45) is 11.8 Å². The maximum Gasteiger partial charge on any atom is 0.404 e. The summed E-state index contributed by atoms with van der Waals surface area (Å²) in [5, 5.41) is 15.4. The van der Waals surface area contributed by atoms with E-state index in [-0.39, 0.29) is 36.3 Å². The third-order valence-corrected chi connectivity index (χ3v) is 9.30. The number of nitrogens with zero attached hydrogens (tertiary/aromatic N) is 2. The van der Waals surface area contributed by atoms with Crippen LogP contribution in [0.1, 0.15) is 32.6 Å². The Labute approximate surface area is 230 Å². The highest BCUT2D eigenvalue weighted by atomic mass is 28.3. The van der Waals surface area contributed by atoms with Gasteiger partial charge in [0, 0.05) is 43.8 Å². The number of benzene rings is 1. The molecule has 39 heavy (non-hydrogen) atoms. The number of aromatic nitrogens is 2. The summed E-state index contributed by atoms with van der Waals surface area (Å²) < 4.78 is 22.1. The summed E-state index contributed by atoms with van der Waals surface area (Å²) in [6.07, 6.45) is 3.64. The first-order valence-corrected chi connectivity index (χ1v) is 17.3. The van der Waals surface area contributed by atoms with Gasteiger partial charge in [-0.2, -0.15) is 0 Å². The highest BCUT2D eigenvalue weighted by Crippen LogP contribution is 2.34. The van der Waals surface area contributed by atoms with Crippen LogP contribution in [-0.4, -0.2) is 47.4 Å². The summed E-state index contributed by atoms with van der Waals surface area (Å²) >= 11 is 0. The number of carbonyl (C=O) groups is 2. The number of fused-ring (bicyclic) bond motifs is 1. The molecule has 3 aromatic rings. The summed E-state index contributed by atoms with van der Waals surface area (Å²) in [7, 11) is -1.26. The zero-order chi connectivity index (χ0) is 28.2. The molecule has 210 valence electrons. The van der Waals surface area contributed by atoms with Crippen LogP contribution in [-0.2, 0) is 16.3 Å². The minimum atomic E-state index is -1.26. The molecule has 1 unspecified atom stereocenters. The Morgan fingerprint density at radius 2 is 1.92 bits per heavy atom. The van der Waals surface area contributed by atoms with E-state index in [2.05, 4.69) is 35.3 Å². The van der Waals surface area contributed by atoms with Crippen LogP contribution in [0.15, 0.2) is 42.6 Å². The molecule has 8 nitrogen and oxygen atoms in total. The van der Waals surface area contributed by atoms with E-state index in [0.29, 0.717) is 36.3 Å². The van der Waals surface area contributed by atoms with Crippen molar-refractivity contribution in [1.82, 2.24) is 14.9 Å². The van der Waals surface area contributed by atoms with Crippen LogP contribution >= 0.6 is 0 Å². The molecule has 1 saturated carbocycles. The molecule has 3 N–H and O–H groups in total. The SMILES string of the molecule is CC(NC(=O)O)[C@H]1CC[C@H](C(=O)Nc2ccnc3c2cc(-c2cccc(F)c2)n3COCC[Si](C)(C)C)CC1. The van der Waals surface area contributed by atoms with Crippen molar-refractivity contribution in [3.63, 3.8) is 0 Å². The Bertz CT molecular complexity index is 1310. The average molecular weight is 555 g/mol. The van der Waals surface area contributed by atoms with Gasteiger partial charge in [0.2, 0.25) is 5.91 Å². The van der Waals surface area contributed by atoms with Crippen LogP contribution in [0.2, 0.25) is 25.7 Å². The molecule has 0 spiro atoms. The summed E-state index contributed by atoms with van der Waals surface area (Å²) in [5.41, 5.74) is 2.80. The number of carbonyl (C=O) groups excluding carboxylic acids is 1. The lowest BCUT2D eigenvalue weighted by Crippen LogP contribution is -2.39. The van der Waals surface area contributed by atoms with Gasteiger partial charge in [0.15, 0.2) is 0 Å². The zero-order valence-electron chi connectivity index (χ0n) is 23.2. The monoisotopic (exact) mass is 554 g/mol. The van der Waals surface area contributed by atoms with E-state index in [9.17, 15) is 14.0 Å². The van der Waals surface area contributed by atoms with Crippen LogP contribution in [0, 0.1) is 17.7 Å². The van der Waals surface area contributed by atoms with Gasteiger partial charge in [0.1, 0.15) is 18.2 Å². The third-order valence-electron chi connectivity index (χ3n) is 7.59. The van der Waals surface area contributed by atoms with Gasteiger partial charge < -0.3 is 25.0 Å². The lowest BCUT2D eigenvalue weighted by Gasteiger charge is -2.31. The van der Waals surface area contributed by atoms with E-state index in [1.54, 1.807) is 18.3 Å². The van der Waals surface area contributed by atoms with Crippen LogP contribution in [0.5, 0.6) is 0 Å². The highest BCUT2D eigenvalue weighted by Gasteiger charge is 2.30. The summed E-state index contributed by atoms with van der Waals surface area (Å²) in [5.74, 6) is -0.294. The Morgan fingerprint density at radius 1 is 1.18 bits per heavy atom. The van der Waals surface area contributed by atoms with Crippen molar-refractivity contribution in [3.05, 3.63) is 48.4 Å². The molecule has 0 saturated heterocycles. The smallest absolute Gasteiger partial charge is 0.404 e. The molecule has 10 heteroatoms. The average Bonchev–Trinajstić information content (AvgIpc) is 3.25. The molecule has 0 aliphatic heterocycles. The van der Waals surface area contributed by atoms with Crippen LogP contribution in [0.3, 0.4) is 0 Å². The number of pyridine rings is 1. The van der Waals surface area contributed by atoms with Gasteiger partial charge in [-0.05, 0) is 68.8 Å². The van der Waals surface area contributed by atoms with Gasteiger partial charge in [-0.25, -0.2) is 14.2 Å². The summed E-state index contributed by atoms with van der Waals surface area (Å²) in [6, 6.07) is 11.1. The van der Waals surface area contributed by atoms with Crippen molar-refractivity contribution in [3.8, 4) is 11.3 Å². The molecule has 1 aliphatic carbocycles. The molecular formula is C29H39FN4O4Si. The number of anilines is 1. The number of hydrogen-bond donors (Lipinski definition) is 3. The second-order valence-electron chi connectivity index (χ2n) is 11.8. The Morgan fingerprint density at radius 3 is 2.59 bits per heavy atom. The first kappa shape index (κ1) is 28.8. The van der Waals surface area contributed by atoms with Gasteiger partial charge in [0.25, 0.3) is 0 Å². The molecule has 0 bridgehead atoms. The van der Waals surface area contributed by atoms with E-state index in [1.165, 1.54) is 12.1 Å². The number of hydrogen-bond acceptors (Lipinski definition) is 4. The zero-order valence-corrected chi connectivity index (χ0v) is 24.2. The molecule has 4 rings (SSSR count). The van der Waals surface area contributed by atoms with Gasteiger partial charge >= 0.3 is 6.09 Å². The number of nitrogens with one attached hydrogen (secondary N) is 2. The Hall–Kier alpha value is -3.24. The molecule has 2 heterocycles. The Kier molecular flexibility index (Phi) is 9.07. The Balaban J connectivity index is 1.54. The normalized spacial score (nSPS) is 18.6. The minimum absolute atomic E-state index is 0.0498. The molecule has 1 aliphatic rings. The number of rotatable bonds is 10. The maximum atomic E-state index is 14.1. The summed E-state index contributed by atoms with van der Waals surface area (Å²) in [6.45, 7) is 9.69. The van der Waals surface area contributed by atoms with Crippen molar-refractivity contribution < 1.29 is 23.8 Å². The fourth-order valence-corrected chi connectivity index (χ4v) is 5.99. The first-order valence-electron chi connectivity index (χ1n) is 13.6. The van der Waals surface area contributed by atoms with E-state index in [0.717, 1.165) is 30.0 Å². The maximum absolute atomic E-state index is 14.1. The first-order chi connectivity index (χ1) is 18.5. The van der Waals surface area contributed by atoms with E-state index in [1.807, 2.05) is 23.6 Å². The van der Waals surface area contributed by atoms with Crippen molar-refractivity contribution in [1.29, 1.82) is 0 Å². The van der Waals surface area contributed by atoms with Crippen molar-refractivity contribution in [2.45, 2.75) is 71.1 Å². The van der Waals surface area contributed by atoms with E-state index in [4.69, 9.17) is 9.84 Å². The van der Waals surface area contributed by atoms with Crippen LogP contribution in [0.4, 0.5) is 14.9 Å². The predicted octanol–water partition coefficient (Wildman–Crippen LogP) is 6.56. The van der Waals surface area contributed by atoms with E-state index >= 15 is 0 Å². The van der Waals surface area contributed by atoms with Gasteiger partial charge in [-0.15, -0.1) is 0 Å². The molecule has 1 aromatic carbocycles. The lowest BCUT2D eigenvalue weighted by molar-refractivity contribution is -0.121. The second-order valence-corrected chi connectivity index (χ2v) is 17.4. The van der Waals surface area contributed by atoms with Crippen molar-refractivity contribution in [2.75, 3.05) is 11.9 Å². The highest BCUT2D eigenvalue weighted by molar-refractivity contribution is 6.76. The quantitative estimate of drug-likeness (QED) is 0.195. The lowest BCUT2D eigenvalue weighted by atomic mass is 9.78. The molecule has 1 atom stereocenters. The number of amides is 2. The van der Waals surface area contributed by atoms with Crippen LogP contribution < -0.4 is 10.6 Å². The number of halogens is 1. The number of ether oxygens (including phenoxy) is 1. The molecule has 2 aromatic heterocycles. The molecule has 2 amide bonds. The summed E-state index contributed by atoms with van der Waals surface area (Å²) in [4.78, 5) is 28.8. The van der Waals surface area contributed by atoms with Gasteiger partial charge in [-0.1, -0.05) is 31.8 Å². The van der Waals surface area contributed by atoms with Gasteiger partial charge in [0.05, 0.1) is 11.4 Å². The van der Waals surface area contributed by atoms with Gasteiger partial charge in [-0.3, -0.25) is 4.79 Å². The molecule has 0 radical (unpaired) electrons. The van der Waals surface area contributed by atoms with Crippen molar-refractivity contribution >= 4 is 36.8 Å². The fourth-order valence-electron chi connectivity index (χ4n) is 5.24. The topological polar surface area (TPSA) is 105 Å². The minimum Gasteiger partial charge on any atom is -0.465 e. The molecular weight excluding hydrogens is 515 g/mol. The fraction of sp³-hybridized carbons (Fsp3) is 0.483. The standard InChI is InChI=1S/C29H39FN4O4Si/c1-19(32-29(36)37)20-8-10-21(11-9-20)28(35)33-25-12-13-31-27-24(25)17-26(22-6-5-7-23(30)16-22)34(27)18-38-14-15-39(2,3)4/h5-7,12-13,16-17,19-21,32H,8-11,14-15,18H2,1-4H3,(H,36,37)(H,31,33,35)/t19?,20-,21-. The largest absolute Gasteiger partial charge is 0.465 e. The second kappa shape index (κ2) is 12.3. The predicted molar refractivity (Wildman–Crippen MR) is 154 cm³/mol. The molecule has 1 fully saturated rings. The van der Waals surface area contributed by atoms with Crippen LogP contribution in [0.25, 0.3) is 22.3 Å². The van der Waals surface area contributed by atoms with E-state index < -0.39 is 14.2 Å². The third kappa shape index (κ3) is 7.45.